The van der Waals surface area contributed by atoms with Crippen molar-refractivity contribution in [2.24, 2.45) is 7.05 Å². The number of anilines is 1. The molecule has 0 unspecified atom stereocenters. The summed E-state index contributed by atoms with van der Waals surface area (Å²) in [5, 5.41) is 9.53. The minimum Gasteiger partial charge on any atom is -0.322 e. The summed E-state index contributed by atoms with van der Waals surface area (Å²) in [5.74, 6) is -0.0569. The van der Waals surface area contributed by atoms with Gasteiger partial charge in [0.25, 0.3) is 0 Å². The van der Waals surface area contributed by atoms with E-state index in [0.29, 0.717) is 6.54 Å². The zero-order valence-electron chi connectivity index (χ0n) is 8.50. The number of hydrogen-bond donors (Lipinski definition) is 2. The first kappa shape index (κ1) is 12.9. The molecule has 0 aromatic carbocycles. The highest BCUT2D eigenvalue weighted by Crippen LogP contribution is 2.11. The largest absolute Gasteiger partial charge is 0.322 e. The van der Waals surface area contributed by atoms with E-state index in [9.17, 15) is 4.79 Å². The van der Waals surface area contributed by atoms with Crippen LogP contribution in [0, 0.1) is 6.92 Å². The molecule has 0 spiro atoms. The van der Waals surface area contributed by atoms with E-state index in [2.05, 4.69) is 15.7 Å². The van der Waals surface area contributed by atoms with Crippen LogP contribution in [0.2, 0.25) is 0 Å². The molecule has 1 aromatic heterocycles. The van der Waals surface area contributed by atoms with Crippen molar-refractivity contribution in [2.45, 2.75) is 6.92 Å². The predicted octanol–water partition coefficient (Wildman–Crippen LogP) is 0.308. The van der Waals surface area contributed by atoms with Crippen molar-refractivity contribution >= 4 is 24.0 Å². The summed E-state index contributed by atoms with van der Waals surface area (Å²) in [5.41, 5.74) is 1.72. The maximum atomic E-state index is 11.2. The van der Waals surface area contributed by atoms with Gasteiger partial charge in [0.15, 0.2) is 0 Å². The zero-order valence-corrected chi connectivity index (χ0v) is 9.31. The Labute approximate surface area is 89.3 Å². The molecule has 0 saturated carbocycles. The van der Waals surface area contributed by atoms with Gasteiger partial charge in [0.05, 0.1) is 24.1 Å². The van der Waals surface area contributed by atoms with Crippen molar-refractivity contribution in [3.8, 4) is 0 Å². The van der Waals surface area contributed by atoms with E-state index in [4.69, 9.17) is 0 Å². The molecule has 0 aliphatic rings. The Balaban J connectivity index is 0.00000169. The van der Waals surface area contributed by atoms with E-state index in [1.165, 1.54) is 0 Å². The molecule has 5 nitrogen and oxygen atoms in total. The van der Waals surface area contributed by atoms with Crippen LogP contribution >= 0.6 is 12.4 Å². The van der Waals surface area contributed by atoms with E-state index in [-0.39, 0.29) is 18.3 Å². The smallest absolute Gasteiger partial charge is 0.238 e. The topological polar surface area (TPSA) is 59.0 Å². The molecule has 2 N–H and O–H groups in total. The van der Waals surface area contributed by atoms with Gasteiger partial charge in [-0.2, -0.15) is 5.10 Å². The van der Waals surface area contributed by atoms with Crippen LogP contribution in [0.3, 0.4) is 0 Å². The third-order valence-electron chi connectivity index (χ3n) is 1.85. The molecule has 0 aliphatic heterocycles. The van der Waals surface area contributed by atoms with Gasteiger partial charge in [0.2, 0.25) is 5.91 Å². The fourth-order valence-electron chi connectivity index (χ4n) is 0.976. The highest BCUT2D eigenvalue weighted by Gasteiger charge is 2.06. The van der Waals surface area contributed by atoms with Crippen molar-refractivity contribution in [2.75, 3.05) is 18.9 Å². The molecular formula is C8H15ClN4O. The standard InChI is InChI=1S/C8H14N4O.ClH/c1-6-7(4-10-12(6)3)11-8(13)5-9-2;/h4,9H,5H2,1-3H3,(H,11,13);1H. The number of likely N-dealkylation sites (N-methyl/N-ethyl adjacent to an activating group) is 1. The predicted molar refractivity (Wildman–Crippen MR) is 57.7 cm³/mol. The van der Waals surface area contributed by atoms with Crippen LogP contribution in [0.1, 0.15) is 5.69 Å². The molecule has 6 heteroatoms. The first-order chi connectivity index (χ1) is 6.15. The zero-order chi connectivity index (χ0) is 9.84. The second-order valence-corrected chi connectivity index (χ2v) is 2.85. The summed E-state index contributed by atoms with van der Waals surface area (Å²) in [6, 6.07) is 0. The van der Waals surface area contributed by atoms with Crippen LogP contribution in [0.5, 0.6) is 0 Å². The first-order valence-corrected chi connectivity index (χ1v) is 4.08. The number of rotatable bonds is 3. The molecule has 1 heterocycles. The molecule has 14 heavy (non-hydrogen) atoms. The number of halogens is 1. The average molecular weight is 219 g/mol. The van der Waals surface area contributed by atoms with Crippen molar-refractivity contribution < 1.29 is 4.79 Å². The lowest BCUT2D eigenvalue weighted by Crippen LogP contribution is -2.25. The van der Waals surface area contributed by atoms with Crippen LogP contribution < -0.4 is 10.6 Å². The van der Waals surface area contributed by atoms with E-state index < -0.39 is 0 Å². The highest BCUT2D eigenvalue weighted by atomic mass is 35.5. The summed E-state index contributed by atoms with van der Waals surface area (Å²) in [4.78, 5) is 11.2. The van der Waals surface area contributed by atoms with Gasteiger partial charge < -0.3 is 10.6 Å². The number of nitrogens with one attached hydrogen (secondary N) is 2. The van der Waals surface area contributed by atoms with Crippen molar-refractivity contribution in [1.29, 1.82) is 0 Å². The first-order valence-electron chi connectivity index (χ1n) is 4.08. The van der Waals surface area contributed by atoms with E-state index in [0.717, 1.165) is 11.4 Å². The lowest BCUT2D eigenvalue weighted by atomic mass is 10.4. The molecule has 80 valence electrons. The number of nitrogens with zero attached hydrogens (tertiary/aromatic N) is 2. The van der Waals surface area contributed by atoms with Gasteiger partial charge in [-0.25, -0.2) is 0 Å². The van der Waals surface area contributed by atoms with Gasteiger partial charge in [-0.15, -0.1) is 12.4 Å². The summed E-state index contributed by atoms with van der Waals surface area (Å²) in [6.45, 7) is 2.22. The van der Waals surface area contributed by atoms with Crippen molar-refractivity contribution in [1.82, 2.24) is 15.1 Å². The number of hydrogen-bond acceptors (Lipinski definition) is 3. The second kappa shape index (κ2) is 5.62. The fourth-order valence-corrected chi connectivity index (χ4v) is 0.976. The lowest BCUT2D eigenvalue weighted by Gasteiger charge is -2.02. The number of carbonyl (C=O) groups is 1. The van der Waals surface area contributed by atoms with Gasteiger partial charge in [0, 0.05) is 7.05 Å². The number of aryl methyl sites for hydroxylation is 1. The summed E-state index contributed by atoms with van der Waals surface area (Å²) in [7, 11) is 3.57. The lowest BCUT2D eigenvalue weighted by molar-refractivity contribution is -0.115. The van der Waals surface area contributed by atoms with Gasteiger partial charge in [-0.3, -0.25) is 9.48 Å². The summed E-state index contributed by atoms with van der Waals surface area (Å²) >= 11 is 0. The van der Waals surface area contributed by atoms with Gasteiger partial charge >= 0.3 is 0 Å². The third-order valence-corrected chi connectivity index (χ3v) is 1.85. The molecular weight excluding hydrogens is 204 g/mol. The molecule has 0 fully saturated rings. The Morgan fingerprint density at radius 2 is 2.29 bits per heavy atom. The van der Waals surface area contributed by atoms with Crippen molar-refractivity contribution in [3.05, 3.63) is 11.9 Å². The van der Waals surface area contributed by atoms with Crippen LogP contribution in [-0.2, 0) is 11.8 Å². The number of aromatic nitrogens is 2. The Morgan fingerprint density at radius 1 is 1.64 bits per heavy atom. The molecule has 1 amide bonds. The minimum atomic E-state index is -0.0569. The maximum Gasteiger partial charge on any atom is 0.238 e. The van der Waals surface area contributed by atoms with Crippen LogP contribution in [0.25, 0.3) is 0 Å². The van der Waals surface area contributed by atoms with Gasteiger partial charge in [0.1, 0.15) is 0 Å². The molecule has 0 aliphatic carbocycles. The van der Waals surface area contributed by atoms with Crippen LogP contribution in [0.4, 0.5) is 5.69 Å². The molecule has 1 aromatic rings. The van der Waals surface area contributed by atoms with Crippen LogP contribution in [-0.4, -0.2) is 29.3 Å². The summed E-state index contributed by atoms with van der Waals surface area (Å²) < 4.78 is 1.72. The Kier molecular flexibility index (Phi) is 5.19. The van der Waals surface area contributed by atoms with Gasteiger partial charge in [-0.1, -0.05) is 0 Å². The van der Waals surface area contributed by atoms with Gasteiger partial charge in [-0.05, 0) is 14.0 Å². The second-order valence-electron chi connectivity index (χ2n) is 2.85. The molecule has 0 radical (unpaired) electrons. The Bertz CT molecular complexity index is 310. The number of amides is 1. The Hall–Kier alpha value is -1.07. The molecule has 1 rings (SSSR count). The number of carbonyl (C=O) groups excluding carboxylic acids is 1. The monoisotopic (exact) mass is 218 g/mol. The van der Waals surface area contributed by atoms with Crippen molar-refractivity contribution in [3.63, 3.8) is 0 Å². The molecule has 0 bridgehead atoms. The quantitative estimate of drug-likeness (QED) is 0.768. The van der Waals surface area contributed by atoms with E-state index in [1.807, 2.05) is 14.0 Å². The maximum absolute atomic E-state index is 11.2. The van der Waals surface area contributed by atoms with E-state index in [1.54, 1.807) is 17.9 Å². The highest BCUT2D eigenvalue weighted by molar-refractivity contribution is 5.92. The van der Waals surface area contributed by atoms with E-state index >= 15 is 0 Å². The Morgan fingerprint density at radius 3 is 2.71 bits per heavy atom. The minimum absolute atomic E-state index is 0. The van der Waals surface area contributed by atoms with Crippen LogP contribution in [0.15, 0.2) is 6.20 Å². The normalized spacial score (nSPS) is 9.36. The third kappa shape index (κ3) is 3.01. The summed E-state index contributed by atoms with van der Waals surface area (Å²) in [6.07, 6.45) is 1.64. The fraction of sp³-hybridized carbons (Fsp3) is 0.500. The average Bonchev–Trinajstić information content (AvgIpc) is 2.37. The molecule has 0 saturated heterocycles. The SMILES string of the molecule is CNCC(=O)Nc1cnn(C)c1C.Cl. The molecule has 0 atom stereocenters.